The van der Waals surface area contributed by atoms with Gasteiger partial charge in [0, 0.05) is 23.0 Å². The number of anilines is 3. The van der Waals surface area contributed by atoms with Gasteiger partial charge in [0.2, 0.25) is 5.95 Å². The highest BCUT2D eigenvalue weighted by atomic mass is 16.3. The molecular weight excluding hydrogens is 316 g/mol. The van der Waals surface area contributed by atoms with E-state index < -0.39 is 0 Å². The molecule has 0 aliphatic rings. The molecule has 1 aromatic carbocycles. The molecule has 6 heteroatoms. The molecule has 0 amide bonds. The van der Waals surface area contributed by atoms with Gasteiger partial charge in [-0.15, -0.1) is 0 Å². The average molecular weight is 342 g/mol. The maximum Gasteiger partial charge on any atom is 0.229 e. The number of aliphatic hydroxyl groups excluding tert-OH is 1. The SMILES string of the molecule is CCc1cnc(Nc2ccc(C(C)=O)cc2)nc1NC(CO)C(C)C. The lowest BCUT2D eigenvalue weighted by Crippen LogP contribution is -2.30. The highest BCUT2D eigenvalue weighted by Crippen LogP contribution is 2.20. The second kappa shape index (κ2) is 8.58. The van der Waals surface area contributed by atoms with Crippen LogP contribution in [-0.2, 0) is 6.42 Å². The molecule has 1 unspecified atom stereocenters. The van der Waals surface area contributed by atoms with E-state index in [1.54, 1.807) is 25.3 Å². The summed E-state index contributed by atoms with van der Waals surface area (Å²) in [6.45, 7) is 7.73. The smallest absolute Gasteiger partial charge is 0.229 e. The molecule has 25 heavy (non-hydrogen) atoms. The van der Waals surface area contributed by atoms with E-state index in [4.69, 9.17) is 0 Å². The maximum atomic E-state index is 11.3. The third kappa shape index (κ3) is 5.00. The Labute approximate surface area is 148 Å². The van der Waals surface area contributed by atoms with Crippen LogP contribution < -0.4 is 10.6 Å². The zero-order chi connectivity index (χ0) is 18.4. The number of benzene rings is 1. The molecule has 0 saturated carbocycles. The molecule has 0 fully saturated rings. The maximum absolute atomic E-state index is 11.3. The summed E-state index contributed by atoms with van der Waals surface area (Å²) in [6, 6.07) is 7.12. The van der Waals surface area contributed by atoms with Gasteiger partial charge in [0.1, 0.15) is 5.82 Å². The number of hydrogen-bond donors (Lipinski definition) is 3. The van der Waals surface area contributed by atoms with E-state index in [1.807, 2.05) is 19.1 Å². The first-order chi connectivity index (χ1) is 11.9. The van der Waals surface area contributed by atoms with Crippen LogP contribution in [0.15, 0.2) is 30.5 Å². The molecule has 0 saturated heterocycles. The summed E-state index contributed by atoms with van der Waals surface area (Å²) in [5, 5.41) is 16.0. The van der Waals surface area contributed by atoms with Gasteiger partial charge in [0.15, 0.2) is 5.78 Å². The van der Waals surface area contributed by atoms with Crippen molar-refractivity contribution < 1.29 is 9.90 Å². The van der Waals surface area contributed by atoms with E-state index in [0.29, 0.717) is 11.5 Å². The van der Waals surface area contributed by atoms with E-state index in [9.17, 15) is 9.90 Å². The zero-order valence-electron chi connectivity index (χ0n) is 15.2. The summed E-state index contributed by atoms with van der Waals surface area (Å²) in [4.78, 5) is 20.2. The zero-order valence-corrected chi connectivity index (χ0v) is 15.2. The topological polar surface area (TPSA) is 87.1 Å². The van der Waals surface area contributed by atoms with Gasteiger partial charge in [0.25, 0.3) is 0 Å². The van der Waals surface area contributed by atoms with Crippen molar-refractivity contribution in [3.8, 4) is 0 Å². The molecule has 6 nitrogen and oxygen atoms in total. The van der Waals surface area contributed by atoms with E-state index in [-0.39, 0.29) is 24.3 Å². The van der Waals surface area contributed by atoms with Crippen molar-refractivity contribution in [1.82, 2.24) is 9.97 Å². The molecule has 1 heterocycles. The van der Waals surface area contributed by atoms with Crippen LogP contribution in [0.5, 0.6) is 0 Å². The van der Waals surface area contributed by atoms with Crippen LogP contribution in [-0.4, -0.2) is 33.5 Å². The van der Waals surface area contributed by atoms with Crippen molar-refractivity contribution in [2.75, 3.05) is 17.2 Å². The van der Waals surface area contributed by atoms with Gasteiger partial charge < -0.3 is 15.7 Å². The Hall–Kier alpha value is -2.47. The minimum Gasteiger partial charge on any atom is -0.394 e. The molecule has 0 radical (unpaired) electrons. The molecule has 0 spiro atoms. The van der Waals surface area contributed by atoms with Crippen LogP contribution in [0, 0.1) is 5.92 Å². The number of aryl methyl sites for hydroxylation is 1. The van der Waals surface area contributed by atoms with Gasteiger partial charge in [-0.1, -0.05) is 20.8 Å². The van der Waals surface area contributed by atoms with E-state index in [0.717, 1.165) is 23.5 Å². The minimum absolute atomic E-state index is 0.0327. The lowest BCUT2D eigenvalue weighted by atomic mass is 10.1. The number of aromatic nitrogens is 2. The number of carbonyl (C=O) groups excluding carboxylic acids is 1. The van der Waals surface area contributed by atoms with Crippen molar-refractivity contribution in [2.24, 2.45) is 5.92 Å². The first-order valence-corrected chi connectivity index (χ1v) is 8.56. The number of hydrogen-bond acceptors (Lipinski definition) is 6. The predicted octanol–water partition coefficient (Wildman–Crippen LogP) is 3.41. The van der Waals surface area contributed by atoms with Gasteiger partial charge in [-0.3, -0.25) is 4.79 Å². The van der Waals surface area contributed by atoms with Gasteiger partial charge in [-0.05, 0) is 43.5 Å². The summed E-state index contributed by atoms with van der Waals surface area (Å²) >= 11 is 0. The van der Waals surface area contributed by atoms with Crippen LogP contribution in [0.2, 0.25) is 0 Å². The number of aliphatic hydroxyl groups is 1. The van der Waals surface area contributed by atoms with Crippen molar-refractivity contribution in [1.29, 1.82) is 0 Å². The molecule has 0 bridgehead atoms. The quantitative estimate of drug-likeness (QED) is 0.637. The summed E-state index contributed by atoms with van der Waals surface area (Å²) in [6.07, 6.45) is 2.59. The lowest BCUT2D eigenvalue weighted by molar-refractivity contribution is 0.101. The van der Waals surface area contributed by atoms with E-state index in [2.05, 4.69) is 34.4 Å². The number of rotatable bonds is 8. The van der Waals surface area contributed by atoms with Crippen molar-refractivity contribution in [3.63, 3.8) is 0 Å². The summed E-state index contributed by atoms with van der Waals surface area (Å²) < 4.78 is 0. The molecule has 3 N–H and O–H groups in total. The summed E-state index contributed by atoms with van der Waals surface area (Å²) in [5.41, 5.74) is 2.47. The van der Waals surface area contributed by atoms with Crippen LogP contribution >= 0.6 is 0 Å². The fourth-order valence-corrected chi connectivity index (χ4v) is 2.37. The van der Waals surface area contributed by atoms with Gasteiger partial charge in [0.05, 0.1) is 12.6 Å². The number of nitrogens with zero attached hydrogens (tertiary/aromatic N) is 2. The van der Waals surface area contributed by atoms with Crippen molar-refractivity contribution in [3.05, 3.63) is 41.6 Å². The van der Waals surface area contributed by atoms with Gasteiger partial charge in [-0.25, -0.2) is 4.98 Å². The third-order valence-corrected chi connectivity index (χ3v) is 4.12. The average Bonchev–Trinajstić information content (AvgIpc) is 2.60. The van der Waals surface area contributed by atoms with Gasteiger partial charge >= 0.3 is 0 Å². The summed E-state index contributed by atoms with van der Waals surface area (Å²) in [5.74, 6) is 1.51. The first kappa shape index (κ1) is 18.9. The predicted molar refractivity (Wildman–Crippen MR) is 100 cm³/mol. The second-order valence-electron chi connectivity index (χ2n) is 6.36. The van der Waals surface area contributed by atoms with Crippen LogP contribution in [0.25, 0.3) is 0 Å². The molecule has 134 valence electrons. The fourth-order valence-electron chi connectivity index (χ4n) is 2.37. The van der Waals surface area contributed by atoms with Crippen molar-refractivity contribution in [2.45, 2.75) is 40.2 Å². The molecule has 1 aromatic heterocycles. The summed E-state index contributed by atoms with van der Waals surface area (Å²) in [7, 11) is 0. The Morgan fingerprint density at radius 3 is 2.44 bits per heavy atom. The molecular formula is C19H26N4O2. The Bertz CT molecular complexity index is 714. The number of nitrogens with one attached hydrogen (secondary N) is 2. The molecule has 0 aliphatic carbocycles. The van der Waals surface area contributed by atoms with Crippen molar-refractivity contribution >= 4 is 23.2 Å². The van der Waals surface area contributed by atoms with Crippen LogP contribution in [0.3, 0.4) is 0 Å². The first-order valence-electron chi connectivity index (χ1n) is 8.56. The van der Waals surface area contributed by atoms with Gasteiger partial charge in [-0.2, -0.15) is 4.98 Å². The second-order valence-corrected chi connectivity index (χ2v) is 6.36. The minimum atomic E-state index is -0.0668. The highest BCUT2D eigenvalue weighted by molar-refractivity contribution is 5.94. The fraction of sp³-hybridized carbons (Fsp3) is 0.421. The van der Waals surface area contributed by atoms with E-state index >= 15 is 0 Å². The number of ketones is 1. The Balaban J connectivity index is 2.21. The lowest BCUT2D eigenvalue weighted by Gasteiger charge is -2.22. The molecule has 1 atom stereocenters. The number of carbonyl (C=O) groups is 1. The molecule has 0 aliphatic heterocycles. The standard InChI is InChI=1S/C19H26N4O2/c1-5-14-10-20-19(23-18(14)22-17(11-24)12(2)3)21-16-8-6-15(7-9-16)13(4)25/h6-10,12,17,24H,5,11H2,1-4H3,(H2,20,21,22,23). The number of Topliss-reactive ketones (excluding diaryl/α,β-unsaturated/α-hetero) is 1. The van der Waals surface area contributed by atoms with Crippen LogP contribution in [0.1, 0.15) is 43.6 Å². The molecule has 2 rings (SSSR count). The highest BCUT2D eigenvalue weighted by Gasteiger charge is 2.15. The normalized spacial score (nSPS) is 12.1. The molecule has 2 aromatic rings. The Morgan fingerprint density at radius 1 is 1.24 bits per heavy atom. The monoisotopic (exact) mass is 342 g/mol. The van der Waals surface area contributed by atoms with E-state index in [1.165, 1.54) is 0 Å². The Kier molecular flexibility index (Phi) is 6.47. The largest absolute Gasteiger partial charge is 0.394 e. The Morgan fingerprint density at radius 2 is 1.92 bits per heavy atom. The third-order valence-electron chi connectivity index (χ3n) is 4.12. The van der Waals surface area contributed by atoms with Crippen LogP contribution in [0.4, 0.5) is 17.5 Å².